The predicted molar refractivity (Wildman–Crippen MR) is 145 cm³/mol. The molecule has 0 saturated heterocycles. The molecule has 186 valence electrons. The molecular formula is C28H20Cl2N2O4S. The van der Waals surface area contributed by atoms with Gasteiger partial charge < -0.3 is 19.9 Å². The molecule has 0 aliphatic carbocycles. The summed E-state index contributed by atoms with van der Waals surface area (Å²) in [6.45, 7) is 2.66. The van der Waals surface area contributed by atoms with Gasteiger partial charge in [-0.05, 0) is 42.3 Å². The number of hydrogen-bond donors (Lipinski definition) is 1. The van der Waals surface area contributed by atoms with Gasteiger partial charge in [-0.1, -0.05) is 54.4 Å². The summed E-state index contributed by atoms with van der Waals surface area (Å²) in [5.74, 6) is 0.326. The van der Waals surface area contributed by atoms with Crippen molar-refractivity contribution in [3.8, 4) is 23.3 Å². The molecule has 0 bridgehead atoms. The molecule has 2 N–H and O–H groups in total. The van der Waals surface area contributed by atoms with Crippen molar-refractivity contribution in [2.45, 2.75) is 19.3 Å². The molecule has 0 fully saturated rings. The Kier molecular flexibility index (Phi) is 6.98. The van der Waals surface area contributed by atoms with E-state index in [0.717, 1.165) is 28.0 Å². The van der Waals surface area contributed by atoms with Crippen molar-refractivity contribution in [3.05, 3.63) is 98.2 Å². The van der Waals surface area contributed by atoms with E-state index in [-0.39, 0.29) is 21.5 Å². The van der Waals surface area contributed by atoms with Gasteiger partial charge in [0.2, 0.25) is 5.88 Å². The number of halogens is 2. The first kappa shape index (κ1) is 25.0. The van der Waals surface area contributed by atoms with Crippen LogP contribution in [0.3, 0.4) is 0 Å². The summed E-state index contributed by atoms with van der Waals surface area (Å²) in [6.07, 6.45) is 0.905. The van der Waals surface area contributed by atoms with E-state index >= 15 is 0 Å². The van der Waals surface area contributed by atoms with Crippen LogP contribution in [-0.4, -0.2) is 12.6 Å². The lowest BCUT2D eigenvalue weighted by molar-refractivity contribution is 0.0740. The van der Waals surface area contributed by atoms with E-state index in [0.29, 0.717) is 28.3 Å². The van der Waals surface area contributed by atoms with E-state index in [4.69, 9.17) is 43.1 Å². The molecule has 1 aliphatic rings. The summed E-state index contributed by atoms with van der Waals surface area (Å²) in [7, 11) is 0. The highest BCUT2D eigenvalue weighted by molar-refractivity contribution is 7.21. The third-order valence-electron chi connectivity index (χ3n) is 5.88. The minimum absolute atomic E-state index is 0.00280. The molecule has 4 aromatic rings. The molecule has 0 radical (unpaired) electrons. The normalized spacial score (nSPS) is 14.6. The summed E-state index contributed by atoms with van der Waals surface area (Å²) in [5, 5.41) is 11.1. The second-order valence-electron chi connectivity index (χ2n) is 8.29. The van der Waals surface area contributed by atoms with Gasteiger partial charge in [0.05, 0.1) is 22.6 Å². The van der Waals surface area contributed by atoms with Gasteiger partial charge in [-0.25, -0.2) is 4.79 Å². The number of hydrogen-bond acceptors (Lipinski definition) is 7. The lowest BCUT2D eigenvalue weighted by Crippen LogP contribution is -2.21. The van der Waals surface area contributed by atoms with Crippen LogP contribution < -0.4 is 19.9 Å². The van der Waals surface area contributed by atoms with Crippen LogP contribution in [0, 0.1) is 11.3 Å². The van der Waals surface area contributed by atoms with Gasteiger partial charge in [-0.2, -0.15) is 5.26 Å². The van der Waals surface area contributed by atoms with Crippen LogP contribution in [-0.2, 0) is 0 Å². The number of allylic oxidation sites excluding steroid dienone is 1. The molecule has 1 aliphatic heterocycles. The van der Waals surface area contributed by atoms with Crippen LogP contribution in [0.5, 0.6) is 17.2 Å². The molecule has 6 nitrogen and oxygen atoms in total. The number of rotatable bonds is 6. The van der Waals surface area contributed by atoms with Gasteiger partial charge >= 0.3 is 5.97 Å². The highest BCUT2D eigenvalue weighted by atomic mass is 35.5. The molecule has 3 aromatic carbocycles. The first-order chi connectivity index (χ1) is 17.9. The van der Waals surface area contributed by atoms with E-state index in [1.807, 2.05) is 37.3 Å². The Bertz CT molecular complexity index is 1590. The number of fused-ring (bicyclic) bond motifs is 2. The Hall–Kier alpha value is -3.70. The molecule has 1 aromatic heterocycles. The number of benzene rings is 3. The van der Waals surface area contributed by atoms with Crippen LogP contribution in [0.25, 0.3) is 10.1 Å². The van der Waals surface area contributed by atoms with Crippen molar-refractivity contribution in [1.82, 2.24) is 0 Å². The van der Waals surface area contributed by atoms with Crippen LogP contribution in [0.4, 0.5) is 0 Å². The monoisotopic (exact) mass is 550 g/mol. The molecule has 2 heterocycles. The number of nitriles is 1. The summed E-state index contributed by atoms with van der Waals surface area (Å²) in [4.78, 5) is 13.2. The fraction of sp³-hybridized carbons (Fsp3) is 0.143. The maximum absolute atomic E-state index is 13.0. The molecule has 1 atom stereocenters. The van der Waals surface area contributed by atoms with Crippen molar-refractivity contribution in [2.75, 3.05) is 6.61 Å². The summed E-state index contributed by atoms with van der Waals surface area (Å²) in [5.41, 5.74) is 8.00. The topological polar surface area (TPSA) is 94.6 Å². The fourth-order valence-corrected chi connectivity index (χ4v) is 6.00. The van der Waals surface area contributed by atoms with E-state index < -0.39 is 11.9 Å². The van der Waals surface area contributed by atoms with Gasteiger partial charge in [0.25, 0.3) is 0 Å². The lowest BCUT2D eigenvalue weighted by atomic mass is 9.83. The average molecular weight is 551 g/mol. The van der Waals surface area contributed by atoms with Crippen molar-refractivity contribution in [1.29, 1.82) is 5.26 Å². The smallest absolute Gasteiger partial charge is 0.355 e. The third-order valence-corrected chi connectivity index (χ3v) is 7.82. The van der Waals surface area contributed by atoms with Gasteiger partial charge in [0, 0.05) is 21.7 Å². The minimum atomic E-state index is -0.613. The zero-order valence-corrected chi connectivity index (χ0v) is 21.9. The van der Waals surface area contributed by atoms with E-state index in [2.05, 4.69) is 6.07 Å². The first-order valence-corrected chi connectivity index (χ1v) is 13.0. The highest BCUT2D eigenvalue weighted by Gasteiger charge is 2.31. The Balaban J connectivity index is 1.45. The zero-order chi connectivity index (χ0) is 26.1. The van der Waals surface area contributed by atoms with Gasteiger partial charge in [-0.3, -0.25) is 0 Å². The van der Waals surface area contributed by atoms with Crippen LogP contribution in [0.1, 0.15) is 40.1 Å². The van der Waals surface area contributed by atoms with E-state index in [1.165, 1.54) is 11.3 Å². The van der Waals surface area contributed by atoms with Crippen LogP contribution >= 0.6 is 34.5 Å². The molecule has 0 spiro atoms. The average Bonchev–Trinajstić information content (AvgIpc) is 3.24. The largest absolute Gasteiger partial charge is 0.494 e. The van der Waals surface area contributed by atoms with E-state index in [9.17, 15) is 10.1 Å². The SMILES string of the molecule is CCCOc1ccc(C2C(C#N)=C(N)Oc3cc(OC(=O)c4sc5cccc(Cl)c5c4Cl)ccc32)cc1. The van der Waals surface area contributed by atoms with Crippen molar-refractivity contribution in [2.24, 2.45) is 5.73 Å². The summed E-state index contributed by atoms with van der Waals surface area (Å²) in [6, 6.07) is 20.0. The third kappa shape index (κ3) is 4.72. The number of nitrogens with zero attached hydrogens (tertiary/aromatic N) is 1. The fourth-order valence-electron chi connectivity index (χ4n) is 4.17. The summed E-state index contributed by atoms with van der Waals surface area (Å²) >= 11 is 13.9. The second kappa shape index (κ2) is 10.3. The van der Waals surface area contributed by atoms with Gasteiger partial charge in [0.1, 0.15) is 33.8 Å². The van der Waals surface area contributed by atoms with E-state index in [1.54, 1.807) is 30.3 Å². The molecule has 0 saturated carbocycles. The standard InChI is InChI=1S/C28H20Cl2N2O4S/c1-2-12-34-16-8-6-15(7-9-16)23-18-11-10-17(13-21(18)36-27(32)19(23)14-31)35-28(33)26-25(30)24-20(29)4-3-5-22(24)37-26/h3-11,13,23H,2,12,32H2,1H3. The second-order valence-corrected chi connectivity index (χ2v) is 10.1. The first-order valence-electron chi connectivity index (χ1n) is 11.4. The highest BCUT2D eigenvalue weighted by Crippen LogP contribution is 2.44. The zero-order valence-electron chi connectivity index (χ0n) is 19.6. The minimum Gasteiger partial charge on any atom is -0.494 e. The molecular weight excluding hydrogens is 531 g/mol. The lowest BCUT2D eigenvalue weighted by Gasteiger charge is -2.26. The Morgan fingerprint density at radius 2 is 1.89 bits per heavy atom. The number of ether oxygens (including phenoxy) is 3. The van der Waals surface area contributed by atoms with Crippen LogP contribution in [0.2, 0.25) is 10.0 Å². The van der Waals surface area contributed by atoms with Gasteiger partial charge in [0.15, 0.2) is 0 Å². The molecule has 1 unspecified atom stereocenters. The Morgan fingerprint density at radius 3 is 2.59 bits per heavy atom. The number of nitrogens with two attached hydrogens (primary N) is 1. The number of esters is 1. The van der Waals surface area contributed by atoms with Gasteiger partial charge in [-0.15, -0.1) is 11.3 Å². The number of carbonyl (C=O) groups excluding carboxylic acids is 1. The maximum atomic E-state index is 13.0. The van der Waals surface area contributed by atoms with Crippen molar-refractivity contribution in [3.63, 3.8) is 0 Å². The van der Waals surface area contributed by atoms with Crippen LogP contribution in [0.15, 0.2) is 72.1 Å². The Morgan fingerprint density at radius 1 is 1.14 bits per heavy atom. The Labute approximate surface area is 227 Å². The predicted octanol–water partition coefficient (Wildman–Crippen LogP) is 7.43. The molecule has 37 heavy (non-hydrogen) atoms. The molecule has 9 heteroatoms. The quantitative estimate of drug-likeness (QED) is 0.198. The van der Waals surface area contributed by atoms with Crippen molar-refractivity contribution >= 4 is 50.6 Å². The number of thiophene rings is 1. The molecule has 5 rings (SSSR count). The van der Waals surface area contributed by atoms with Crippen molar-refractivity contribution < 1.29 is 19.0 Å². The molecule has 0 amide bonds. The maximum Gasteiger partial charge on any atom is 0.355 e. The summed E-state index contributed by atoms with van der Waals surface area (Å²) < 4.78 is 17.8. The number of carbonyl (C=O) groups is 1.